The van der Waals surface area contributed by atoms with Crippen molar-refractivity contribution in [1.82, 2.24) is 9.97 Å². The molecule has 5 heteroatoms. The monoisotopic (exact) mass is 216 g/mol. The van der Waals surface area contributed by atoms with E-state index < -0.39 is 5.82 Å². The molecule has 0 aliphatic carbocycles. The van der Waals surface area contributed by atoms with Gasteiger partial charge in [0.15, 0.2) is 0 Å². The number of nitrogens with zero attached hydrogens (tertiary/aromatic N) is 2. The summed E-state index contributed by atoms with van der Waals surface area (Å²) in [5, 5.41) is 11.9. The Morgan fingerprint density at radius 2 is 2.38 bits per heavy atom. The molecule has 4 nitrogen and oxygen atoms in total. The quantitative estimate of drug-likeness (QED) is 0.825. The summed E-state index contributed by atoms with van der Waals surface area (Å²) in [5.41, 5.74) is 1.80. The van der Waals surface area contributed by atoms with E-state index in [1.165, 1.54) is 12.1 Å². The lowest BCUT2D eigenvalue weighted by Crippen LogP contribution is -2.01. The number of rotatable bonds is 3. The van der Waals surface area contributed by atoms with Crippen molar-refractivity contribution < 1.29 is 4.39 Å². The maximum absolute atomic E-state index is 12.9. The summed E-state index contributed by atoms with van der Waals surface area (Å²) < 4.78 is 12.9. The van der Waals surface area contributed by atoms with Crippen LogP contribution < -0.4 is 5.32 Å². The normalized spacial score (nSPS) is 9.75. The second kappa shape index (κ2) is 4.45. The van der Waals surface area contributed by atoms with Crippen molar-refractivity contribution in [2.75, 3.05) is 5.32 Å². The van der Waals surface area contributed by atoms with Gasteiger partial charge >= 0.3 is 0 Å². The fourth-order valence-electron chi connectivity index (χ4n) is 1.33. The number of anilines is 1. The highest BCUT2D eigenvalue weighted by molar-refractivity contribution is 5.57. The second-order valence-electron chi connectivity index (χ2n) is 3.23. The molecule has 0 fully saturated rings. The van der Waals surface area contributed by atoms with Crippen LogP contribution in [0.4, 0.5) is 10.1 Å². The van der Waals surface area contributed by atoms with Gasteiger partial charge in [0.05, 0.1) is 29.8 Å². The average molecular weight is 216 g/mol. The van der Waals surface area contributed by atoms with Crippen LogP contribution in [0.15, 0.2) is 30.7 Å². The van der Waals surface area contributed by atoms with Crippen molar-refractivity contribution >= 4 is 5.69 Å². The number of benzene rings is 1. The van der Waals surface area contributed by atoms with E-state index in [1.54, 1.807) is 18.6 Å². The van der Waals surface area contributed by atoms with Crippen molar-refractivity contribution in [3.63, 3.8) is 0 Å². The van der Waals surface area contributed by atoms with Gasteiger partial charge in [0.25, 0.3) is 0 Å². The molecule has 0 radical (unpaired) electrons. The molecule has 1 aromatic heterocycles. The van der Waals surface area contributed by atoms with E-state index in [0.29, 0.717) is 17.8 Å². The fourth-order valence-corrected chi connectivity index (χ4v) is 1.33. The first kappa shape index (κ1) is 10.2. The third-order valence-corrected chi connectivity index (χ3v) is 2.13. The molecule has 0 unspecified atom stereocenters. The van der Waals surface area contributed by atoms with Gasteiger partial charge in [-0.3, -0.25) is 0 Å². The maximum atomic E-state index is 12.9. The third-order valence-electron chi connectivity index (χ3n) is 2.13. The zero-order valence-electron chi connectivity index (χ0n) is 8.37. The number of H-pyrrole nitrogens is 1. The average Bonchev–Trinajstić information content (AvgIpc) is 2.80. The molecule has 2 rings (SSSR count). The van der Waals surface area contributed by atoms with E-state index in [0.717, 1.165) is 5.69 Å². The molecule has 2 aromatic rings. The molecule has 16 heavy (non-hydrogen) atoms. The van der Waals surface area contributed by atoms with E-state index in [9.17, 15) is 4.39 Å². The zero-order chi connectivity index (χ0) is 11.4. The highest BCUT2D eigenvalue weighted by atomic mass is 19.1. The van der Waals surface area contributed by atoms with Gasteiger partial charge < -0.3 is 10.3 Å². The standard InChI is InChI=1S/C11H9FN4/c12-9-1-2-11(8(3-9)4-13)15-6-10-5-14-7-16-10/h1-3,5,7,15H,6H2,(H,14,16). The zero-order valence-corrected chi connectivity index (χ0v) is 8.37. The Bertz CT molecular complexity index is 513. The molecule has 0 spiro atoms. The first-order chi connectivity index (χ1) is 7.79. The fraction of sp³-hybridized carbons (Fsp3) is 0.0909. The minimum Gasteiger partial charge on any atom is -0.378 e. The summed E-state index contributed by atoms with van der Waals surface area (Å²) in [7, 11) is 0. The number of imidazole rings is 1. The molecule has 0 amide bonds. The van der Waals surface area contributed by atoms with Crippen LogP contribution in [0, 0.1) is 17.1 Å². The minimum absolute atomic E-state index is 0.291. The van der Waals surface area contributed by atoms with Gasteiger partial charge in [0, 0.05) is 6.20 Å². The Labute approximate surface area is 91.8 Å². The molecular weight excluding hydrogens is 207 g/mol. The van der Waals surface area contributed by atoms with Crippen LogP contribution in [0.5, 0.6) is 0 Å². The van der Waals surface area contributed by atoms with Gasteiger partial charge in [0.1, 0.15) is 11.9 Å². The molecule has 0 bridgehead atoms. The van der Waals surface area contributed by atoms with Crippen LogP contribution >= 0.6 is 0 Å². The second-order valence-corrected chi connectivity index (χ2v) is 3.23. The Balaban J connectivity index is 2.13. The first-order valence-corrected chi connectivity index (χ1v) is 4.70. The van der Waals surface area contributed by atoms with Crippen LogP contribution in [0.1, 0.15) is 11.3 Å². The SMILES string of the molecule is N#Cc1cc(F)ccc1NCc1cnc[nH]1. The molecule has 0 aliphatic heterocycles. The molecule has 0 saturated carbocycles. The van der Waals surface area contributed by atoms with Crippen LogP contribution in [0.2, 0.25) is 0 Å². The lowest BCUT2D eigenvalue weighted by molar-refractivity contribution is 0.627. The summed E-state index contributed by atoms with van der Waals surface area (Å²) >= 11 is 0. The van der Waals surface area contributed by atoms with Crippen molar-refractivity contribution in [2.24, 2.45) is 0 Å². The summed E-state index contributed by atoms with van der Waals surface area (Å²) in [6, 6.07) is 6.00. The molecule has 2 N–H and O–H groups in total. The Morgan fingerprint density at radius 3 is 3.06 bits per heavy atom. The van der Waals surface area contributed by atoms with Crippen LogP contribution in [-0.4, -0.2) is 9.97 Å². The van der Waals surface area contributed by atoms with E-state index in [4.69, 9.17) is 5.26 Å². The summed E-state index contributed by atoms with van der Waals surface area (Å²) in [5.74, 6) is -0.413. The van der Waals surface area contributed by atoms with Gasteiger partial charge in [-0.05, 0) is 18.2 Å². The topological polar surface area (TPSA) is 64.5 Å². The molecule has 80 valence electrons. The van der Waals surface area contributed by atoms with E-state index in [-0.39, 0.29) is 0 Å². The lowest BCUT2D eigenvalue weighted by Gasteiger charge is -2.06. The van der Waals surface area contributed by atoms with Crippen LogP contribution in [0.25, 0.3) is 0 Å². The van der Waals surface area contributed by atoms with Gasteiger partial charge in [-0.2, -0.15) is 5.26 Å². The van der Waals surface area contributed by atoms with Crippen molar-refractivity contribution in [1.29, 1.82) is 5.26 Å². The van der Waals surface area contributed by atoms with Gasteiger partial charge in [-0.25, -0.2) is 9.37 Å². The molecular formula is C11H9FN4. The first-order valence-electron chi connectivity index (χ1n) is 4.70. The lowest BCUT2D eigenvalue weighted by atomic mass is 10.2. The van der Waals surface area contributed by atoms with Crippen LogP contribution in [-0.2, 0) is 6.54 Å². The number of nitriles is 1. The highest BCUT2D eigenvalue weighted by Gasteiger charge is 2.03. The predicted octanol–water partition coefficient (Wildman–Crippen LogP) is 2.03. The predicted molar refractivity (Wildman–Crippen MR) is 57.0 cm³/mol. The highest BCUT2D eigenvalue weighted by Crippen LogP contribution is 2.16. The van der Waals surface area contributed by atoms with Crippen molar-refractivity contribution in [2.45, 2.75) is 6.54 Å². The van der Waals surface area contributed by atoms with E-state index >= 15 is 0 Å². The summed E-state index contributed by atoms with van der Waals surface area (Å²) in [6.45, 7) is 0.514. The Hall–Kier alpha value is -2.35. The van der Waals surface area contributed by atoms with E-state index in [2.05, 4.69) is 15.3 Å². The van der Waals surface area contributed by atoms with Crippen molar-refractivity contribution in [3.05, 3.63) is 47.8 Å². The molecule has 0 aliphatic rings. The Morgan fingerprint density at radius 1 is 1.50 bits per heavy atom. The van der Waals surface area contributed by atoms with E-state index in [1.807, 2.05) is 6.07 Å². The number of aromatic amines is 1. The molecule has 1 heterocycles. The summed E-state index contributed by atoms with van der Waals surface area (Å²) in [6.07, 6.45) is 3.26. The molecule has 1 aromatic carbocycles. The summed E-state index contributed by atoms with van der Waals surface area (Å²) in [4.78, 5) is 6.80. The molecule has 0 atom stereocenters. The number of hydrogen-bond donors (Lipinski definition) is 2. The largest absolute Gasteiger partial charge is 0.378 e. The smallest absolute Gasteiger partial charge is 0.124 e. The molecule has 0 saturated heterocycles. The third kappa shape index (κ3) is 2.17. The number of hydrogen-bond acceptors (Lipinski definition) is 3. The number of nitrogens with one attached hydrogen (secondary N) is 2. The Kier molecular flexibility index (Phi) is 2.83. The van der Waals surface area contributed by atoms with Crippen molar-refractivity contribution in [3.8, 4) is 6.07 Å². The maximum Gasteiger partial charge on any atom is 0.124 e. The van der Waals surface area contributed by atoms with Gasteiger partial charge in [0.2, 0.25) is 0 Å². The minimum atomic E-state index is -0.413. The van der Waals surface area contributed by atoms with Gasteiger partial charge in [-0.1, -0.05) is 0 Å². The number of halogens is 1. The van der Waals surface area contributed by atoms with Gasteiger partial charge in [-0.15, -0.1) is 0 Å². The van der Waals surface area contributed by atoms with Crippen LogP contribution in [0.3, 0.4) is 0 Å². The number of aromatic nitrogens is 2.